The fourth-order valence-electron chi connectivity index (χ4n) is 11.0. The van der Waals surface area contributed by atoms with Gasteiger partial charge in [-0.05, 0) is 99.7 Å². The normalized spacial score (nSPS) is 59.9. The molecule has 7 heteroatoms. The predicted molar refractivity (Wildman–Crippen MR) is 136 cm³/mol. The number of aliphatic hydroxyl groups is 3. The molecule has 6 aliphatic rings. The highest BCUT2D eigenvalue weighted by Gasteiger charge is 2.77. The quantitative estimate of drug-likeness (QED) is 0.452. The Morgan fingerprint density at radius 1 is 0.946 bits per heavy atom. The van der Waals surface area contributed by atoms with Gasteiger partial charge in [0.05, 0.1) is 23.9 Å². The maximum absolute atomic E-state index is 12.2. The molecule has 37 heavy (non-hydrogen) atoms. The summed E-state index contributed by atoms with van der Waals surface area (Å²) in [5.41, 5.74) is -1.97. The van der Waals surface area contributed by atoms with E-state index in [1.807, 2.05) is 6.92 Å². The fourth-order valence-corrected chi connectivity index (χ4v) is 11.0. The molecule has 6 fully saturated rings. The van der Waals surface area contributed by atoms with Crippen LogP contribution in [0.4, 0.5) is 0 Å². The van der Waals surface area contributed by atoms with Crippen LogP contribution in [0.3, 0.4) is 0 Å². The number of fused-ring (bicyclic) bond motifs is 7. The SMILES string of the molecule is CC(=O)O[C@H]1C[C@@H]2CC[C@@H]3[C@H]([C@@H](O)C[C@@]4(C)[C@H]3C[C@@H]3O[C@]5(C[C@H](C)C(C)(C)O5)[C@](C)(O)[C@@H]34)[C@@]2(C)C[C@H]1O. The third kappa shape index (κ3) is 3.39. The highest BCUT2D eigenvalue weighted by Crippen LogP contribution is 2.72. The average molecular weight is 521 g/mol. The molecule has 6 rings (SSSR count). The van der Waals surface area contributed by atoms with Crippen molar-refractivity contribution < 1.29 is 34.3 Å². The van der Waals surface area contributed by atoms with Crippen molar-refractivity contribution in [1.82, 2.24) is 0 Å². The highest BCUT2D eigenvalue weighted by atomic mass is 16.7. The van der Waals surface area contributed by atoms with E-state index in [0.29, 0.717) is 43.4 Å². The van der Waals surface area contributed by atoms with Crippen LogP contribution in [0.5, 0.6) is 0 Å². The minimum atomic E-state index is -1.14. The van der Waals surface area contributed by atoms with E-state index in [1.165, 1.54) is 6.92 Å². The van der Waals surface area contributed by atoms with Gasteiger partial charge in [-0.15, -0.1) is 0 Å². The number of hydrogen-bond acceptors (Lipinski definition) is 7. The second kappa shape index (κ2) is 7.93. The molecule has 0 radical (unpaired) electrons. The summed E-state index contributed by atoms with van der Waals surface area (Å²) in [7, 11) is 0. The first-order valence-corrected chi connectivity index (χ1v) is 14.7. The summed E-state index contributed by atoms with van der Waals surface area (Å²) in [6.07, 6.45) is 3.64. The lowest BCUT2D eigenvalue weighted by molar-refractivity contribution is -0.300. The summed E-state index contributed by atoms with van der Waals surface area (Å²) in [6.45, 7) is 14.2. The van der Waals surface area contributed by atoms with Gasteiger partial charge >= 0.3 is 5.97 Å². The molecule has 14 atom stereocenters. The van der Waals surface area contributed by atoms with E-state index >= 15 is 0 Å². The summed E-state index contributed by atoms with van der Waals surface area (Å²) >= 11 is 0. The number of rotatable bonds is 1. The Balaban J connectivity index is 1.29. The molecule has 0 aromatic carbocycles. The van der Waals surface area contributed by atoms with Gasteiger partial charge < -0.3 is 29.5 Å². The van der Waals surface area contributed by atoms with Crippen molar-refractivity contribution in [3.05, 3.63) is 0 Å². The second-order valence-electron chi connectivity index (χ2n) is 15.1. The van der Waals surface area contributed by atoms with Gasteiger partial charge in [0.2, 0.25) is 0 Å². The third-order valence-electron chi connectivity index (χ3n) is 12.8. The number of carbonyl (C=O) groups is 1. The first-order valence-electron chi connectivity index (χ1n) is 14.7. The van der Waals surface area contributed by atoms with Crippen LogP contribution < -0.4 is 0 Å². The average Bonchev–Trinajstić information content (AvgIpc) is 3.25. The number of ether oxygens (including phenoxy) is 3. The van der Waals surface area contributed by atoms with Gasteiger partial charge in [0.25, 0.3) is 0 Å². The Hall–Kier alpha value is -0.730. The Kier molecular flexibility index (Phi) is 5.68. The first-order chi connectivity index (χ1) is 17.1. The van der Waals surface area contributed by atoms with Crippen molar-refractivity contribution in [3.63, 3.8) is 0 Å². The third-order valence-corrected chi connectivity index (χ3v) is 12.8. The largest absolute Gasteiger partial charge is 0.460 e. The molecular formula is C30H48O7. The van der Waals surface area contributed by atoms with Crippen LogP contribution in [0.1, 0.15) is 93.4 Å². The molecule has 7 nitrogen and oxygen atoms in total. The molecule has 0 bridgehead atoms. The molecule has 2 saturated heterocycles. The minimum Gasteiger partial charge on any atom is -0.460 e. The van der Waals surface area contributed by atoms with Gasteiger partial charge in [-0.2, -0.15) is 0 Å². The Morgan fingerprint density at radius 2 is 1.62 bits per heavy atom. The fraction of sp³-hybridized carbons (Fsp3) is 0.967. The number of esters is 1. The number of aliphatic hydroxyl groups excluding tert-OH is 2. The zero-order chi connectivity index (χ0) is 26.9. The number of carbonyl (C=O) groups excluding carboxylic acids is 1. The van der Waals surface area contributed by atoms with E-state index in [-0.39, 0.29) is 46.3 Å². The van der Waals surface area contributed by atoms with E-state index in [4.69, 9.17) is 14.2 Å². The van der Waals surface area contributed by atoms with Crippen molar-refractivity contribution in [1.29, 1.82) is 0 Å². The molecular weight excluding hydrogens is 472 g/mol. The van der Waals surface area contributed by atoms with Crippen LogP contribution in [-0.4, -0.2) is 62.7 Å². The van der Waals surface area contributed by atoms with Gasteiger partial charge in [0.15, 0.2) is 5.79 Å². The molecule has 3 N–H and O–H groups in total. The van der Waals surface area contributed by atoms with E-state index in [9.17, 15) is 20.1 Å². The van der Waals surface area contributed by atoms with Crippen molar-refractivity contribution in [2.75, 3.05) is 0 Å². The lowest BCUT2D eigenvalue weighted by Crippen LogP contribution is -2.63. The minimum absolute atomic E-state index is 0.0803. The maximum atomic E-state index is 12.2. The summed E-state index contributed by atoms with van der Waals surface area (Å²) in [6, 6.07) is 0. The van der Waals surface area contributed by atoms with Crippen LogP contribution >= 0.6 is 0 Å². The molecule has 0 unspecified atom stereocenters. The first kappa shape index (κ1) is 26.5. The van der Waals surface area contributed by atoms with Crippen molar-refractivity contribution in [2.24, 2.45) is 46.3 Å². The summed E-state index contributed by atoms with van der Waals surface area (Å²) < 4.78 is 18.8. The molecule has 4 saturated carbocycles. The standard InChI is InChI=1S/C30H48O7/c1-15-12-30(37-26(15,3)4)29(7,34)25-23(36-30)11-19-18-9-8-17-10-22(35-16(2)31)20(32)13-27(17,5)24(18)21(33)14-28(19,25)6/h15,17-25,32-34H,8-14H2,1-7H3/t15-,17-,18-,19-,20+,21-,22-,23-,24+,25-,27-,28-,29+,30-/m0/s1. The van der Waals surface area contributed by atoms with E-state index in [2.05, 4.69) is 34.6 Å². The molecule has 1 spiro atoms. The lowest BCUT2D eigenvalue weighted by atomic mass is 9.43. The van der Waals surface area contributed by atoms with Crippen LogP contribution in [0.15, 0.2) is 0 Å². The van der Waals surface area contributed by atoms with Crippen LogP contribution in [0, 0.1) is 46.3 Å². The Labute approximate surface area is 221 Å². The smallest absolute Gasteiger partial charge is 0.302 e. The zero-order valence-electron chi connectivity index (χ0n) is 23.7. The van der Waals surface area contributed by atoms with Crippen molar-refractivity contribution in [3.8, 4) is 0 Å². The maximum Gasteiger partial charge on any atom is 0.302 e. The molecule has 0 aromatic heterocycles. The zero-order valence-corrected chi connectivity index (χ0v) is 23.7. The molecule has 0 amide bonds. The van der Waals surface area contributed by atoms with E-state index in [1.54, 1.807) is 0 Å². The van der Waals surface area contributed by atoms with Crippen LogP contribution in [-0.2, 0) is 19.0 Å². The molecule has 0 aromatic rings. The lowest BCUT2D eigenvalue weighted by Gasteiger charge is -2.63. The van der Waals surface area contributed by atoms with Crippen molar-refractivity contribution >= 4 is 5.97 Å². The highest BCUT2D eigenvalue weighted by molar-refractivity contribution is 5.66. The topological polar surface area (TPSA) is 105 Å². The second-order valence-corrected chi connectivity index (χ2v) is 15.1. The summed E-state index contributed by atoms with van der Waals surface area (Å²) in [4.78, 5) is 11.6. The van der Waals surface area contributed by atoms with Crippen molar-refractivity contribution in [2.45, 2.75) is 135 Å². The van der Waals surface area contributed by atoms with Gasteiger partial charge in [0, 0.05) is 19.3 Å². The summed E-state index contributed by atoms with van der Waals surface area (Å²) in [5, 5.41) is 35.1. The van der Waals surface area contributed by atoms with Gasteiger partial charge in [-0.1, -0.05) is 20.8 Å². The molecule has 4 aliphatic carbocycles. The molecule has 2 heterocycles. The Morgan fingerprint density at radius 3 is 2.24 bits per heavy atom. The van der Waals surface area contributed by atoms with Gasteiger partial charge in [-0.3, -0.25) is 4.79 Å². The van der Waals surface area contributed by atoms with Gasteiger partial charge in [0.1, 0.15) is 11.7 Å². The predicted octanol–water partition coefficient (Wildman–Crippen LogP) is 3.81. The van der Waals surface area contributed by atoms with Crippen LogP contribution in [0.25, 0.3) is 0 Å². The number of hydrogen-bond donors (Lipinski definition) is 3. The van der Waals surface area contributed by atoms with Crippen LogP contribution in [0.2, 0.25) is 0 Å². The molecule has 210 valence electrons. The Bertz CT molecular complexity index is 964. The van der Waals surface area contributed by atoms with E-state index in [0.717, 1.165) is 19.3 Å². The monoisotopic (exact) mass is 520 g/mol. The van der Waals surface area contributed by atoms with E-state index < -0.39 is 29.7 Å². The molecule has 2 aliphatic heterocycles. The van der Waals surface area contributed by atoms with Gasteiger partial charge in [-0.25, -0.2) is 0 Å². The summed E-state index contributed by atoms with van der Waals surface area (Å²) in [5.74, 6) is -0.133.